The number of nitrogens with zero attached hydrogens (tertiary/aromatic N) is 1. The Kier molecular flexibility index (Phi) is 4.66. The summed E-state index contributed by atoms with van der Waals surface area (Å²) in [5.41, 5.74) is -1.93. The van der Waals surface area contributed by atoms with E-state index >= 15 is 0 Å². The van der Waals surface area contributed by atoms with Crippen molar-refractivity contribution in [2.24, 2.45) is 0 Å². The molecule has 3 amide bonds. The minimum Gasteiger partial charge on any atom is -0.505 e. The summed E-state index contributed by atoms with van der Waals surface area (Å²) in [6, 6.07) is 5.85. The minimum absolute atomic E-state index is 0.114. The summed E-state index contributed by atoms with van der Waals surface area (Å²) in [6.45, 7) is -0.282. The van der Waals surface area contributed by atoms with Gasteiger partial charge in [0.15, 0.2) is 23.3 Å². The highest BCUT2D eigenvalue weighted by atomic mass is 19.2. The number of imide groups is 1. The van der Waals surface area contributed by atoms with E-state index in [1.807, 2.05) is 0 Å². The number of benzene rings is 2. The highest BCUT2D eigenvalue weighted by Gasteiger charge is 2.46. The average molecular weight is 427 g/mol. The Morgan fingerprint density at radius 3 is 2.61 bits per heavy atom. The zero-order valence-corrected chi connectivity index (χ0v) is 16.0. The maximum atomic E-state index is 13.6. The van der Waals surface area contributed by atoms with Crippen molar-refractivity contribution in [2.45, 2.75) is 12.1 Å². The average Bonchev–Trinajstić information content (AvgIpc) is 3.19. The lowest BCUT2D eigenvalue weighted by atomic mass is 9.99. The van der Waals surface area contributed by atoms with Crippen molar-refractivity contribution in [2.75, 3.05) is 7.11 Å². The van der Waals surface area contributed by atoms with Crippen molar-refractivity contribution in [3.05, 3.63) is 53.7 Å². The molecule has 31 heavy (non-hydrogen) atoms. The maximum Gasteiger partial charge on any atom is 0.323 e. The van der Waals surface area contributed by atoms with Crippen LogP contribution in [0.15, 0.2) is 36.5 Å². The zero-order chi connectivity index (χ0) is 22.3. The molecule has 1 aliphatic heterocycles. The van der Waals surface area contributed by atoms with E-state index in [0.29, 0.717) is 16.5 Å². The summed E-state index contributed by atoms with van der Waals surface area (Å²) in [5, 5.41) is 25.7. The fourth-order valence-electron chi connectivity index (χ4n) is 3.28. The van der Waals surface area contributed by atoms with Gasteiger partial charge < -0.3 is 24.8 Å². The first-order chi connectivity index (χ1) is 14.7. The molecule has 4 N–H and O–H groups in total. The second kappa shape index (κ2) is 7.21. The summed E-state index contributed by atoms with van der Waals surface area (Å²) >= 11 is 0. The number of fused-ring (bicyclic) bond motifs is 1. The lowest BCUT2D eigenvalue weighted by Gasteiger charge is -2.20. The second-order valence-electron chi connectivity index (χ2n) is 6.89. The molecule has 0 unspecified atom stereocenters. The van der Waals surface area contributed by atoms with Gasteiger partial charge >= 0.3 is 6.03 Å². The summed E-state index contributed by atoms with van der Waals surface area (Å²) in [4.78, 5) is 24.4. The van der Waals surface area contributed by atoms with E-state index in [4.69, 9.17) is 4.74 Å². The molecular weight excluding hydrogens is 412 g/mol. The summed E-state index contributed by atoms with van der Waals surface area (Å²) < 4.78 is 33.3. The zero-order valence-electron chi connectivity index (χ0n) is 16.0. The SMILES string of the molecule is COc1ccc2cn(C[C@@]3(C#Cc4cc(O)c(F)c(F)c4)NC(=O)NC3=O)c(O)c2c1. The molecule has 0 radical (unpaired) electrons. The number of methoxy groups -OCH3 is 1. The number of carbonyl (C=O) groups excluding carboxylic acids is 2. The number of halogens is 2. The van der Waals surface area contributed by atoms with E-state index in [2.05, 4.69) is 22.5 Å². The third-order valence-electron chi connectivity index (χ3n) is 4.85. The topological polar surface area (TPSA) is 113 Å². The van der Waals surface area contributed by atoms with E-state index < -0.39 is 34.9 Å². The monoisotopic (exact) mass is 427 g/mol. The van der Waals surface area contributed by atoms with Crippen LogP contribution >= 0.6 is 0 Å². The number of urea groups is 1. The molecule has 0 saturated carbocycles. The molecule has 2 heterocycles. The first-order valence-electron chi connectivity index (χ1n) is 8.93. The Hall–Kier alpha value is -4.26. The summed E-state index contributed by atoms with van der Waals surface area (Å²) in [6.07, 6.45) is 1.56. The summed E-state index contributed by atoms with van der Waals surface area (Å²) in [5.74, 6) is 0.886. The normalized spacial score (nSPS) is 17.8. The molecule has 4 rings (SSSR count). The maximum absolute atomic E-state index is 13.6. The van der Waals surface area contributed by atoms with Gasteiger partial charge in [-0.2, -0.15) is 4.39 Å². The molecule has 1 saturated heterocycles. The van der Waals surface area contributed by atoms with Gasteiger partial charge in [-0.25, -0.2) is 9.18 Å². The van der Waals surface area contributed by atoms with Crippen molar-refractivity contribution in [1.29, 1.82) is 0 Å². The van der Waals surface area contributed by atoms with Gasteiger partial charge in [0, 0.05) is 22.5 Å². The molecule has 1 aromatic heterocycles. The van der Waals surface area contributed by atoms with Gasteiger partial charge in [0.05, 0.1) is 13.7 Å². The molecule has 8 nitrogen and oxygen atoms in total. The van der Waals surface area contributed by atoms with Crippen molar-refractivity contribution in [1.82, 2.24) is 15.2 Å². The molecule has 2 aromatic carbocycles. The van der Waals surface area contributed by atoms with Gasteiger partial charge in [-0.05, 0) is 30.3 Å². The Balaban J connectivity index is 1.77. The number of hydrogen-bond donors (Lipinski definition) is 4. The van der Waals surface area contributed by atoms with Crippen LogP contribution in [-0.4, -0.2) is 39.4 Å². The third kappa shape index (κ3) is 3.46. The van der Waals surface area contributed by atoms with Crippen LogP contribution in [0.1, 0.15) is 5.56 Å². The van der Waals surface area contributed by atoms with Crippen molar-refractivity contribution in [3.8, 4) is 29.2 Å². The highest BCUT2D eigenvalue weighted by molar-refractivity contribution is 6.09. The Morgan fingerprint density at radius 2 is 1.97 bits per heavy atom. The number of nitrogens with one attached hydrogen (secondary N) is 2. The molecule has 10 heteroatoms. The standard InChI is InChI=1S/C21H15F2N3O5/c1-31-13-3-2-12-9-26(18(28)14(12)8-13)10-21(19(29)24-20(30)25-21)5-4-11-6-15(22)17(23)16(27)7-11/h2-3,6-9,27-28H,10H2,1H3,(H2,24,25,29,30)/t21-/m1/s1. The van der Waals surface area contributed by atoms with E-state index in [9.17, 15) is 28.6 Å². The number of phenols is 1. The van der Waals surface area contributed by atoms with E-state index in [1.165, 1.54) is 11.7 Å². The summed E-state index contributed by atoms with van der Waals surface area (Å²) in [7, 11) is 1.48. The lowest BCUT2D eigenvalue weighted by Crippen LogP contribution is -2.49. The number of aromatic hydroxyl groups is 2. The van der Waals surface area contributed by atoms with E-state index in [0.717, 1.165) is 12.1 Å². The van der Waals surface area contributed by atoms with E-state index in [1.54, 1.807) is 24.4 Å². The van der Waals surface area contributed by atoms with Crippen molar-refractivity contribution in [3.63, 3.8) is 0 Å². The largest absolute Gasteiger partial charge is 0.505 e. The van der Waals surface area contributed by atoms with Crippen molar-refractivity contribution < 1.29 is 33.3 Å². The Morgan fingerprint density at radius 1 is 1.19 bits per heavy atom. The van der Waals surface area contributed by atoms with Crippen LogP contribution in [0.2, 0.25) is 0 Å². The molecule has 1 aliphatic rings. The number of phenolic OH excluding ortho intramolecular Hbond substituents is 1. The Bertz CT molecular complexity index is 1280. The highest BCUT2D eigenvalue weighted by Crippen LogP contribution is 2.32. The molecule has 3 aromatic rings. The first-order valence-corrected chi connectivity index (χ1v) is 8.93. The van der Waals surface area contributed by atoms with Gasteiger partial charge in [0.2, 0.25) is 5.54 Å². The lowest BCUT2D eigenvalue weighted by molar-refractivity contribution is -0.122. The Labute approximate surface area is 174 Å². The number of aromatic nitrogens is 1. The molecule has 1 atom stereocenters. The van der Waals surface area contributed by atoms with Crippen LogP contribution in [0.5, 0.6) is 17.4 Å². The number of rotatable bonds is 3. The van der Waals surface area contributed by atoms with Gasteiger partial charge in [0.25, 0.3) is 5.91 Å². The number of ether oxygens (including phenoxy) is 1. The van der Waals surface area contributed by atoms with Gasteiger partial charge in [-0.3, -0.25) is 10.1 Å². The smallest absolute Gasteiger partial charge is 0.323 e. The van der Waals surface area contributed by atoms with Crippen molar-refractivity contribution >= 4 is 22.7 Å². The fourth-order valence-corrected chi connectivity index (χ4v) is 3.28. The molecule has 0 spiro atoms. The molecule has 0 bridgehead atoms. The van der Waals surface area contributed by atoms with Crippen LogP contribution in [0.3, 0.4) is 0 Å². The van der Waals surface area contributed by atoms with Gasteiger partial charge in [-0.1, -0.05) is 11.8 Å². The number of hydrogen-bond acceptors (Lipinski definition) is 5. The van der Waals surface area contributed by atoms with Crippen LogP contribution in [0.4, 0.5) is 13.6 Å². The van der Waals surface area contributed by atoms with Gasteiger partial charge in [0.1, 0.15) is 5.75 Å². The van der Waals surface area contributed by atoms with Crippen LogP contribution in [0, 0.1) is 23.5 Å². The van der Waals surface area contributed by atoms with Gasteiger partial charge in [-0.15, -0.1) is 0 Å². The predicted molar refractivity (Wildman–Crippen MR) is 104 cm³/mol. The molecule has 158 valence electrons. The molecule has 1 fully saturated rings. The van der Waals surface area contributed by atoms with Crippen LogP contribution in [-0.2, 0) is 11.3 Å². The third-order valence-corrected chi connectivity index (χ3v) is 4.85. The fraction of sp³-hybridized carbons (Fsp3) is 0.143. The second-order valence-corrected chi connectivity index (χ2v) is 6.89. The number of carbonyl (C=O) groups is 2. The predicted octanol–water partition coefficient (Wildman–Crippen LogP) is 1.97. The molecular formula is C21H15F2N3O5. The first kappa shape index (κ1) is 20.0. The van der Waals surface area contributed by atoms with Crippen LogP contribution in [0.25, 0.3) is 10.8 Å². The van der Waals surface area contributed by atoms with Crippen LogP contribution < -0.4 is 15.4 Å². The quantitative estimate of drug-likeness (QED) is 0.377. The van der Waals surface area contributed by atoms with E-state index in [-0.39, 0.29) is 18.0 Å². The molecule has 0 aliphatic carbocycles. The minimum atomic E-state index is -1.81. The number of amides is 3.